The van der Waals surface area contributed by atoms with Crippen LogP contribution >= 0.6 is 0 Å². The molecule has 0 aliphatic carbocycles. The molecule has 1 aromatic carbocycles. The van der Waals surface area contributed by atoms with Gasteiger partial charge in [-0.05, 0) is 18.6 Å². The first-order chi connectivity index (χ1) is 9.61. The molecule has 0 saturated heterocycles. The van der Waals surface area contributed by atoms with Gasteiger partial charge in [0.05, 0.1) is 12.3 Å². The number of halogens is 1. The Hall–Kier alpha value is -1.72. The van der Waals surface area contributed by atoms with E-state index in [9.17, 15) is 4.39 Å². The summed E-state index contributed by atoms with van der Waals surface area (Å²) in [6.45, 7) is 3.87. The normalized spacial score (nSPS) is 11.0. The minimum Gasteiger partial charge on any atom is -0.383 e. The number of hydrogen-bond donors (Lipinski definition) is 1. The van der Waals surface area contributed by atoms with E-state index in [4.69, 9.17) is 4.74 Å². The Labute approximate surface area is 118 Å². The van der Waals surface area contributed by atoms with Gasteiger partial charge in [0, 0.05) is 44.6 Å². The van der Waals surface area contributed by atoms with Crippen molar-refractivity contribution in [1.29, 1.82) is 0 Å². The van der Waals surface area contributed by atoms with Gasteiger partial charge in [-0.15, -0.1) is 0 Å². The lowest BCUT2D eigenvalue weighted by Crippen LogP contribution is -2.18. The molecule has 108 valence electrons. The summed E-state index contributed by atoms with van der Waals surface area (Å²) in [4.78, 5) is 0. The summed E-state index contributed by atoms with van der Waals surface area (Å²) in [5.74, 6) is -0.202. The zero-order chi connectivity index (χ0) is 14.5. The van der Waals surface area contributed by atoms with Crippen molar-refractivity contribution in [3.8, 4) is 11.3 Å². The summed E-state index contributed by atoms with van der Waals surface area (Å²) in [5, 5.41) is 7.71. The molecule has 1 heterocycles. The summed E-state index contributed by atoms with van der Waals surface area (Å²) in [5.41, 5.74) is 3.31. The van der Waals surface area contributed by atoms with Gasteiger partial charge in [0.1, 0.15) is 5.82 Å². The SMILES string of the molecule is COCCNCc1cn(C)nc1-c1ccc(C)c(F)c1. The topological polar surface area (TPSA) is 39.1 Å². The van der Waals surface area contributed by atoms with Gasteiger partial charge in [-0.1, -0.05) is 12.1 Å². The van der Waals surface area contributed by atoms with Crippen molar-refractivity contribution in [1.82, 2.24) is 15.1 Å². The number of aryl methyl sites for hydroxylation is 2. The zero-order valence-electron chi connectivity index (χ0n) is 12.1. The quantitative estimate of drug-likeness (QED) is 0.823. The maximum atomic E-state index is 13.7. The molecule has 0 saturated carbocycles. The number of nitrogens with zero attached hydrogens (tertiary/aromatic N) is 2. The molecular weight excluding hydrogens is 257 g/mol. The molecule has 0 spiro atoms. The summed E-state index contributed by atoms with van der Waals surface area (Å²) >= 11 is 0. The predicted octanol–water partition coefficient (Wildman–Crippen LogP) is 2.27. The largest absolute Gasteiger partial charge is 0.383 e. The lowest BCUT2D eigenvalue weighted by molar-refractivity contribution is 0.199. The van der Waals surface area contributed by atoms with Crippen molar-refractivity contribution >= 4 is 0 Å². The number of rotatable bonds is 6. The molecule has 0 aliphatic heterocycles. The molecule has 20 heavy (non-hydrogen) atoms. The van der Waals surface area contributed by atoms with Crippen LogP contribution in [-0.2, 0) is 18.3 Å². The average Bonchev–Trinajstić information content (AvgIpc) is 2.79. The zero-order valence-corrected chi connectivity index (χ0v) is 12.1. The molecule has 5 heteroatoms. The van der Waals surface area contributed by atoms with Crippen LogP contribution in [0, 0.1) is 12.7 Å². The van der Waals surface area contributed by atoms with Crippen LogP contribution in [-0.4, -0.2) is 30.0 Å². The fourth-order valence-electron chi connectivity index (χ4n) is 2.05. The van der Waals surface area contributed by atoms with Gasteiger partial charge in [-0.2, -0.15) is 5.10 Å². The van der Waals surface area contributed by atoms with Gasteiger partial charge < -0.3 is 10.1 Å². The van der Waals surface area contributed by atoms with Gasteiger partial charge in [-0.3, -0.25) is 4.68 Å². The third-order valence-corrected chi connectivity index (χ3v) is 3.15. The average molecular weight is 277 g/mol. The van der Waals surface area contributed by atoms with Crippen LogP contribution in [0.2, 0.25) is 0 Å². The standard InChI is InChI=1S/C15H20FN3O/c1-11-4-5-12(8-14(11)16)15-13(10-19(2)18-15)9-17-6-7-20-3/h4-5,8,10,17H,6-7,9H2,1-3H3. The summed E-state index contributed by atoms with van der Waals surface area (Å²) in [6.07, 6.45) is 1.95. The summed E-state index contributed by atoms with van der Waals surface area (Å²) in [6, 6.07) is 5.22. The third-order valence-electron chi connectivity index (χ3n) is 3.15. The molecule has 0 radical (unpaired) electrons. The Morgan fingerprint density at radius 1 is 1.40 bits per heavy atom. The Morgan fingerprint density at radius 3 is 2.90 bits per heavy atom. The monoisotopic (exact) mass is 277 g/mol. The predicted molar refractivity (Wildman–Crippen MR) is 76.9 cm³/mol. The molecule has 4 nitrogen and oxygen atoms in total. The molecule has 2 aromatic rings. The number of aromatic nitrogens is 2. The van der Waals surface area contributed by atoms with Crippen molar-refractivity contribution in [3.63, 3.8) is 0 Å². The Balaban J connectivity index is 2.20. The van der Waals surface area contributed by atoms with Crippen molar-refractivity contribution < 1.29 is 9.13 Å². The van der Waals surface area contributed by atoms with Gasteiger partial charge in [-0.25, -0.2) is 4.39 Å². The summed E-state index contributed by atoms with van der Waals surface area (Å²) < 4.78 is 20.4. The number of hydrogen-bond acceptors (Lipinski definition) is 3. The highest BCUT2D eigenvalue weighted by atomic mass is 19.1. The van der Waals surface area contributed by atoms with Gasteiger partial charge in [0.25, 0.3) is 0 Å². The van der Waals surface area contributed by atoms with E-state index in [1.165, 1.54) is 6.07 Å². The molecule has 0 atom stereocenters. The molecule has 1 aromatic heterocycles. The fourth-order valence-corrected chi connectivity index (χ4v) is 2.05. The molecule has 0 bridgehead atoms. The van der Waals surface area contributed by atoms with Crippen LogP contribution in [0.25, 0.3) is 11.3 Å². The first-order valence-electron chi connectivity index (χ1n) is 6.60. The van der Waals surface area contributed by atoms with E-state index in [0.717, 1.165) is 23.4 Å². The second-order valence-electron chi connectivity index (χ2n) is 4.81. The lowest BCUT2D eigenvalue weighted by Gasteiger charge is -2.05. The molecule has 0 fully saturated rings. The number of ether oxygens (including phenoxy) is 1. The lowest BCUT2D eigenvalue weighted by atomic mass is 10.1. The van der Waals surface area contributed by atoms with Crippen LogP contribution in [0.1, 0.15) is 11.1 Å². The van der Waals surface area contributed by atoms with Crippen molar-refractivity contribution in [2.45, 2.75) is 13.5 Å². The minimum absolute atomic E-state index is 0.202. The van der Waals surface area contributed by atoms with E-state index >= 15 is 0 Å². The molecule has 0 aliphatic rings. The molecule has 1 N–H and O–H groups in total. The van der Waals surface area contributed by atoms with Gasteiger partial charge >= 0.3 is 0 Å². The number of benzene rings is 1. The minimum atomic E-state index is -0.202. The highest BCUT2D eigenvalue weighted by Gasteiger charge is 2.11. The molecule has 0 unspecified atom stereocenters. The second-order valence-corrected chi connectivity index (χ2v) is 4.81. The molecule has 2 rings (SSSR count). The van der Waals surface area contributed by atoms with E-state index in [-0.39, 0.29) is 5.82 Å². The third kappa shape index (κ3) is 3.43. The number of methoxy groups -OCH3 is 1. The number of nitrogens with one attached hydrogen (secondary N) is 1. The first kappa shape index (κ1) is 14.7. The van der Waals surface area contributed by atoms with E-state index in [2.05, 4.69) is 10.4 Å². The van der Waals surface area contributed by atoms with Crippen molar-refractivity contribution in [2.75, 3.05) is 20.3 Å². The van der Waals surface area contributed by atoms with E-state index in [1.807, 2.05) is 19.3 Å². The van der Waals surface area contributed by atoms with Crippen LogP contribution < -0.4 is 5.32 Å². The van der Waals surface area contributed by atoms with Crippen molar-refractivity contribution in [3.05, 3.63) is 41.3 Å². The second kappa shape index (κ2) is 6.63. The van der Waals surface area contributed by atoms with Crippen LogP contribution in [0.3, 0.4) is 0 Å². The highest BCUT2D eigenvalue weighted by molar-refractivity contribution is 5.63. The van der Waals surface area contributed by atoms with Crippen LogP contribution in [0.5, 0.6) is 0 Å². The first-order valence-corrected chi connectivity index (χ1v) is 6.60. The summed E-state index contributed by atoms with van der Waals surface area (Å²) in [7, 11) is 3.54. The van der Waals surface area contributed by atoms with E-state index < -0.39 is 0 Å². The Bertz CT molecular complexity index is 580. The molecular formula is C15H20FN3O. The highest BCUT2D eigenvalue weighted by Crippen LogP contribution is 2.23. The maximum Gasteiger partial charge on any atom is 0.126 e. The molecule has 0 amide bonds. The van der Waals surface area contributed by atoms with E-state index in [0.29, 0.717) is 18.7 Å². The Kier molecular flexibility index (Phi) is 4.87. The smallest absolute Gasteiger partial charge is 0.126 e. The Morgan fingerprint density at radius 2 is 2.20 bits per heavy atom. The maximum absolute atomic E-state index is 13.7. The fraction of sp³-hybridized carbons (Fsp3) is 0.400. The van der Waals surface area contributed by atoms with Gasteiger partial charge in [0.2, 0.25) is 0 Å². The van der Waals surface area contributed by atoms with Crippen molar-refractivity contribution in [2.24, 2.45) is 7.05 Å². The van der Waals surface area contributed by atoms with Crippen LogP contribution in [0.4, 0.5) is 4.39 Å². The van der Waals surface area contributed by atoms with Gasteiger partial charge in [0.15, 0.2) is 0 Å². The van der Waals surface area contributed by atoms with Crippen LogP contribution in [0.15, 0.2) is 24.4 Å². The van der Waals surface area contributed by atoms with E-state index in [1.54, 1.807) is 24.8 Å².